The first-order valence-electron chi connectivity index (χ1n) is 9.02. The highest BCUT2D eigenvalue weighted by atomic mass is 32.2. The van der Waals surface area contributed by atoms with Crippen molar-refractivity contribution in [1.29, 1.82) is 0 Å². The Morgan fingerprint density at radius 3 is 2.28 bits per heavy atom. The first kappa shape index (κ1) is 20.8. The minimum Gasteiger partial charge on any atom is -0.497 e. The summed E-state index contributed by atoms with van der Waals surface area (Å²) < 4.78 is 36.9. The molecule has 0 aromatic heterocycles. The molecule has 1 aliphatic heterocycles. The fraction of sp³-hybridized carbons (Fsp3) is 0.300. The summed E-state index contributed by atoms with van der Waals surface area (Å²) in [7, 11) is -1.03. The van der Waals surface area contributed by atoms with Gasteiger partial charge in [-0.25, -0.2) is 13.2 Å². The highest BCUT2D eigenvalue weighted by molar-refractivity contribution is 7.89. The molecule has 29 heavy (non-hydrogen) atoms. The van der Waals surface area contributed by atoms with E-state index < -0.39 is 27.9 Å². The number of amides is 1. The third-order valence-corrected chi connectivity index (χ3v) is 6.67. The molecule has 0 aliphatic carbocycles. The van der Waals surface area contributed by atoms with Gasteiger partial charge >= 0.3 is 5.97 Å². The first-order valence-corrected chi connectivity index (χ1v) is 10.5. The Hall–Kier alpha value is -2.91. The van der Waals surface area contributed by atoms with E-state index in [1.165, 1.54) is 42.8 Å². The molecule has 2 aromatic carbocycles. The molecule has 8 nitrogen and oxygen atoms in total. The van der Waals surface area contributed by atoms with Crippen molar-refractivity contribution in [3.8, 4) is 5.75 Å². The lowest BCUT2D eigenvalue weighted by Gasteiger charge is -2.23. The Labute approximate surface area is 169 Å². The van der Waals surface area contributed by atoms with Crippen LogP contribution in [0.15, 0.2) is 53.4 Å². The number of nitrogens with one attached hydrogen (secondary N) is 1. The summed E-state index contributed by atoms with van der Waals surface area (Å²) in [5.41, 5.74) is 0.825. The van der Waals surface area contributed by atoms with Crippen molar-refractivity contribution >= 4 is 27.6 Å². The number of benzene rings is 2. The van der Waals surface area contributed by atoms with E-state index in [9.17, 15) is 18.0 Å². The van der Waals surface area contributed by atoms with Crippen LogP contribution in [0.4, 0.5) is 5.69 Å². The lowest BCUT2D eigenvalue weighted by atomic mass is 10.2. The smallest absolute Gasteiger partial charge is 0.337 e. The molecule has 0 spiro atoms. The highest BCUT2D eigenvalue weighted by Crippen LogP contribution is 2.28. The monoisotopic (exact) mass is 418 g/mol. The summed E-state index contributed by atoms with van der Waals surface area (Å²) in [6.07, 6.45) is 1.02. The summed E-state index contributed by atoms with van der Waals surface area (Å²) in [4.78, 5) is 24.4. The molecule has 1 amide bonds. The van der Waals surface area contributed by atoms with Gasteiger partial charge in [0.15, 0.2) is 0 Å². The quantitative estimate of drug-likeness (QED) is 0.722. The highest BCUT2D eigenvalue weighted by Gasteiger charge is 2.39. The van der Waals surface area contributed by atoms with Crippen LogP contribution in [0, 0.1) is 0 Å². The Bertz CT molecular complexity index is 987. The van der Waals surface area contributed by atoms with Crippen molar-refractivity contribution in [2.45, 2.75) is 23.8 Å². The van der Waals surface area contributed by atoms with E-state index in [0.29, 0.717) is 29.8 Å². The maximum atomic E-state index is 13.0. The number of hydrogen-bond donors (Lipinski definition) is 1. The predicted molar refractivity (Wildman–Crippen MR) is 106 cm³/mol. The molecule has 1 saturated heterocycles. The van der Waals surface area contributed by atoms with E-state index in [1.54, 1.807) is 24.3 Å². The number of hydrogen-bond acceptors (Lipinski definition) is 6. The summed E-state index contributed by atoms with van der Waals surface area (Å²) in [6.45, 7) is 0.272. The molecule has 0 bridgehead atoms. The van der Waals surface area contributed by atoms with Crippen LogP contribution < -0.4 is 10.1 Å². The Kier molecular flexibility index (Phi) is 6.19. The van der Waals surface area contributed by atoms with E-state index in [0.717, 1.165) is 0 Å². The van der Waals surface area contributed by atoms with Crippen molar-refractivity contribution in [3.63, 3.8) is 0 Å². The number of ether oxygens (including phenoxy) is 2. The van der Waals surface area contributed by atoms with Gasteiger partial charge in [0, 0.05) is 12.2 Å². The molecule has 1 aliphatic rings. The molecule has 1 fully saturated rings. The van der Waals surface area contributed by atoms with Crippen LogP contribution in [0.5, 0.6) is 5.75 Å². The van der Waals surface area contributed by atoms with Crippen LogP contribution in [0.3, 0.4) is 0 Å². The fourth-order valence-electron chi connectivity index (χ4n) is 3.21. The van der Waals surface area contributed by atoms with Gasteiger partial charge < -0.3 is 14.8 Å². The second kappa shape index (κ2) is 8.62. The number of methoxy groups -OCH3 is 2. The van der Waals surface area contributed by atoms with Crippen molar-refractivity contribution in [3.05, 3.63) is 54.1 Å². The zero-order valence-corrected chi connectivity index (χ0v) is 16.9. The molecule has 3 rings (SSSR count). The number of nitrogens with zero attached hydrogens (tertiary/aromatic N) is 1. The lowest BCUT2D eigenvalue weighted by Crippen LogP contribution is -2.43. The standard InChI is InChI=1S/C20H22N2O6S/c1-27-16-9-11-17(12-10-16)29(25,26)22-13-3-4-18(22)19(23)21-15-7-5-14(6-8-15)20(24)28-2/h5-12,18H,3-4,13H2,1-2H3,(H,21,23)/t18-/m1/s1. The molecular weight excluding hydrogens is 396 g/mol. The molecule has 0 radical (unpaired) electrons. The van der Waals surface area contributed by atoms with Crippen molar-refractivity contribution in [2.24, 2.45) is 0 Å². The molecule has 0 unspecified atom stereocenters. The molecule has 154 valence electrons. The van der Waals surface area contributed by atoms with Crippen molar-refractivity contribution < 1.29 is 27.5 Å². The number of anilines is 1. The van der Waals surface area contributed by atoms with Gasteiger partial charge in [0.25, 0.3) is 0 Å². The number of carbonyl (C=O) groups excluding carboxylic acids is 2. The average molecular weight is 418 g/mol. The Balaban J connectivity index is 1.75. The zero-order chi connectivity index (χ0) is 21.0. The maximum absolute atomic E-state index is 13.0. The molecular formula is C20H22N2O6S. The minimum absolute atomic E-state index is 0.112. The number of carbonyl (C=O) groups is 2. The van der Waals surface area contributed by atoms with E-state index in [-0.39, 0.29) is 11.4 Å². The van der Waals surface area contributed by atoms with E-state index in [4.69, 9.17) is 4.74 Å². The van der Waals surface area contributed by atoms with Gasteiger partial charge in [-0.2, -0.15) is 4.31 Å². The SMILES string of the molecule is COC(=O)c1ccc(NC(=O)[C@H]2CCCN2S(=O)(=O)c2ccc(OC)cc2)cc1. The predicted octanol–water partition coefficient (Wildman–Crippen LogP) is 2.27. The number of esters is 1. The number of sulfonamides is 1. The average Bonchev–Trinajstić information content (AvgIpc) is 3.25. The van der Waals surface area contributed by atoms with Crippen LogP contribution in [0.1, 0.15) is 23.2 Å². The lowest BCUT2D eigenvalue weighted by molar-refractivity contribution is -0.119. The topological polar surface area (TPSA) is 102 Å². The van der Waals surface area contributed by atoms with Gasteiger partial charge in [0.05, 0.1) is 24.7 Å². The summed E-state index contributed by atoms with van der Waals surface area (Å²) in [5.74, 6) is -0.337. The second-order valence-electron chi connectivity index (χ2n) is 6.51. The number of rotatable bonds is 6. The van der Waals surface area contributed by atoms with Crippen LogP contribution in [0.25, 0.3) is 0 Å². The largest absolute Gasteiger partial charge is 0.497 e. The first-order chi connectivity index (χ1) is 13.9. The van der Waals surface area contributed by atoms with Crippen molar-refractivity contribution in [1.82, 2.24) is 4.31 Å². The molecule has 9 heteroatoms. The summed E-state index contributed by atoms with van der Waals surface area (Å²) in [5, 5.41) is 2.72. The van der Waals surface area contributed by atoms with Crippen LogP contribution in [-0.2, 0) is 19.6 Å². The zero-order valence-electron chi connectivity index (χ0n) is 16.1. The molecule has 2 aromatic rings. The van der Waals surface area contributed by atoms with Crippen LogP contribution in [0.2, 0.25) is 0 Å². The Morgan fingerprint density at radius 2 is 1.69 bits per heavy atom. The molecule has 1 heterocycles. The minimum atomic E-state index is -3.82. The Morgan fingerprint density at radius 1 is 1.03 bits per heavy atom. The van der Waals surface area contributed by atoms with E-state index in [1.807, 2.05) is 0 Å². The molecule has 1 N–H and O–H groups in total. The summed E-state index contributed by atoms with van der Waals surface area (Å²) >= 11 is 0. The third-order valence-electron chi connectivity index (χ3n) is 4.75. The fourth-order valence-corrected chi connectivity index (χ4v) is 4.86. The molecule has 0 saturated carbocycles. The third kappa shape index (κ3) is 4.41. The van der Waals surface area contributed by atoms with Crippen LogP contribution in [-0.4, -0.2) is 51.4 Å². The van der Waals surface area contributed by atoms with Crippen molar-refractivity contribution in [2.75, 3.05) is 26.1 Å². The van der Waals surface area contributed by atoms with Gasteiger partial charge in [-0.1, -0.05) is 0 Å². The van der Waals surface area contributed by atoms with Gasteiger partial charge in [0.1, 0.15) is 11.8 Å². The molecule has 1 atom stereocenters. The van der Waals surface area contributed by atoms with Gasteiger partial charge in [-0.05, 0) is 61.4 Å². The summed E-state index contributed by atoms with van der Waals surface area (Å²) in [6, 6.07) is 11.5. The van der Waals surface area contributed by atoms with E-state index in [2.05, 4.69) is 10.1 Å². The second-order valence-corrected chi connectivity index (χ2v) is 8.40. The van der Waals surface area contributed by atoms with Gasteiger partial charge in [-0.3, -0.25) is 4.79 Å². The van der Waals surface area contributed by atoms with Gasteiger partial charge in [0.2, 0.25) is 15.9 Å². The maximum Gasteiger partial charge on any atom is 0.337 e. The van der Waals surface area contributed by atoms with E-state index >= 15 is 0 Å². The normalized spacial score (nSPS) is 17.0. The van der Waals surface area contributed by atoms with Crippen LogP contribution >= 0.6 is 0 Å². The van der Waals surface area contributed by atoms with Gasteiger partial charge in [-0.15, -0.1) is 0 Å².